The van der Waals surface area contributed by atoms with E-state index in [0.29, 0.717) is 17.9 Å². The SMILES string of the molecule is CCOC(=O)c1ccc(OCC(=O)Nc2cccc(CC)c2)cc1. The van der Waals surface area contributed by atoms with Crippen molar-refractivity contribution in [2.75, 3.05) is 18.5 Å². The fraction of sp³-hybridized carbons (Fsp3) is 0.263. The smallest absolute Gasteiger partial charge is 0.338 e. The van der Waals surface area contributed by atoms with Crippen LogP contribution in [0.5, 0.6) is 5.75 Å². The van der Waals surface area contributed by atoms with E-state index in [-0.39, 0.29) is 18.5 Å². The quantitative estimate of drug-likeness (QED) is 0.791. The van der Waals surface area contributed by atoms with E-state index in [4.69, 9.17) is 9.47 Å². The molecule has 0 aromatic heterocycles. The number of anilines is 1. The Balaban J connectivity index is 1.86. The van der Waals surface area contributed by atoms with Crippen molar-refractivity contribution in [2.45, 2.75) is 20.3 Å². The standard InChI is InChI=1S/C19H21NO4/c1-3-14-6-5-7-16(12-14)20-18(21)13-24-17-10-8-15(9-11-17)19(22)23-4-2/h5-12H,3-4,13H2,1-2H3,(H,20,21). The van der Waals surface area contributed by atoms with Crippen molar-refractivity contribution >= 4 is 17.6 Å². The summed E-state index contributed by atoms with van der Waals surface area (Å²) in [6, 6.07) is 14.2. The number of carbonyl (C=O) groups excluding carboxylic acids is 2. The Morgan fingerprint density at radius 3 is 2.46 bits per heavy atom. The van der Waals surface area contributed by atoms with E-state index in [9.17, 15) is 9.59 Å². The molecule has 2 aromatic carbocycles. The number of esters is 1. The van der Waals surface area contributed by atoms with Gasteiger partial charge in [0.1, 0.15) is 5.75 Å². The third-order valence-electron chi connectivity index (χ3n) is 3.35. The zero-order valence-corrected chi connectivity index (χ0v) is 13.9. The molecule has 0 spiro atoms. The Morgan fingerprint density at radius 1 is 1.04 bits per heavy atom. The van der Waals surface area contributed by atoms with Crippen LogP contribution < -0.4 is 10.1 Å². The molecule has 0 fully saturated rings. The van der Waals surface area contributed by atoms with Crippen LogP contribution in [0.1, 0.15) is 29.8 Å². The van der Waals surface area contributed by atoms with Crippen molar-refractivity contribution in [1.29, 1.82) is 0 Å². The van der Waals surface area contributed by atoms with Crippen LogP contribution in [0.2, 0.25) is 0 Å². The topological polar surface area (TPSA) is 64.6 Å². The summed E-state index contributed by atoms with van der Waals surface area (Å²) in [5, 5.41) is 2.80. The highest BCUT2D eigenvalue weighted by Gasteiger charge is 2.07. The lowest BCUT2D eigenvalue weighted by Crippen LogP contribution is -2.20. The Morgan fingerprint density at radius 2 is 1.79 bits per heavy atom. The lowest BCUT2D eigenvalue weighted by molar-refractivity contribution is -0.118. The molecule has 2 aromatic rings. The predicted molar refractivity (Wildman–Crippen MR) is 92.3 cm³/mol. The molecule has 0 unspecified atom stereocenters. The van der Waals surface area contributed by atoms with E-state index in [0.717, 1.165) is 17.7 Å². The largest absolute Gasteiger partial charge is 0.484 e. The zero-order chi connectivity index (χ0) is 17.4. The highest BCUT2D eigenvalue weighted by molar-refractivity contribution is 5.92. The molecule has 24 heavy (non-hydrogen) atoms. The van der Waals surface area contributed by atoms with Crippen molar-refractivity contribution in [1.82, 2.24) is 0 Å². The van der Waals surface area contributed by atoms with Crippen molar-refractivity contribution in [3.63, 3.8) is 0 Å². The predicted octanol–water partition coefficient (Wildman–Crippen LogP) is 3.44. The van der Waals surface area contributed by atoms with Crippen LogP contribution in [0.3, 0.4) is 0 Å². The monoisotopic (exact) mass is 327 g/mol. The van der Waals surface area contributed by atoms with Crippen LogP contribution in [-0.2, 0) is 16.0 Å². The van der Waals surface area contributed by atoms with Gasteiger partial charge in [-0.15, -0.1) is 0 Å². The first kappa shape index (κ1) is 17.5. The number of hydrogen-bond acceptors (Lipinski definition) is 4. The van der Waals surface area contributed by atoms with Gasteiger partial charge in [0.05, 0.1) is 12.2 Å². The summed E-state index contributed by atoms with van der Waals surface area (Å²) in [5.74, 6) is -0.101. The van der Waals surface area contributed by atoms with Crippen molar-refractivity contribution in [3.8, 4) is 5.75 Å². The van der Waals surface area contributed by atoms with Crippen LogP contribution >= 0.6 is 0 Å². The summed E-state index contributed by atoms with van der Waals surface area (Å²) in [6.07, 6.45) is 0.910. The molecule has 126 valence electrons. The molecule has 1 N–H and O–H groups in total. The molecular formula is C19H21NO4. The Hall–Kier alpha value is -2.82. The molecule has 0 saturated carbocycles. The third-order valence-corrected chi connectivity index (χ3v) is 3.35. The summed E-state index contributed by atoms with van der Waals surface area (Å²) >= 11 is 0. The zero-order valence-electron chi connectivity index (χ0n) is 13.9. The minimum Gasteiger partial charge on any atom is -0.484 e. The second-order valence-electron chi connectivity index (χ2n) is 5.14. The summed E-state index contributed by atoms with van der Waals surface area (Å²) in [4.78, 5) is 23.5. The highest BCUT2D eigenvalue weighted by atomic mass is 16.5. The summed E-state index contributed by atoms with van der Waals surface area (Å²) < 4.78 is 10.3. The van der Waals surface area contributed by atoms with Gasteiger partial charge < -0.3 is 14.8 Å². The summed E-state index contributed by atoms with van der Waals surface area (Å²) in [6.45, 7) is 4.04. The maximum absolute atomic E-state index is 11.9. The number of ether oxygens (including phenoxy) is 2. The molecule has 5 nitrogen and oxygen atoms in total. The number of hydrogen-bond donors (Lipinski definition) is 1. The Bertz CT molecular complexity index is 695. The first-order chi connectivity index (χ1) is 11.6. The van der Waals surface area contributed by atoms with Gasteiger partial charge in [-0.1, -0.05) is 19.1 Å². The number of carbonyl (C=O) groups is 2. The summed E-state index contributed by atoms with van der Waals surface area (Å²) in [5.41, 5.74) is 2.36. The van der Waals surface area contributed by atoms with E-state index in [2.05, 4.69) is 12.2 Å². The molecular weight excluding hydrogens is 306 g/mol. The van der Waals surface area contributed by atoms with Crippen LogP contribution in [0.15, 0.2) is 48.5 Å². The number of rotatable bonds is 7. The van der Waals surface area contributed by atoms with E-state index in [1.165, 1.54) is 0 Å². The van der Waals surface area contributed by atoms with Gasteiger partial charge in [0, 0.05) is 5.69 Å². The van der Waals surface area contributed by atoms with Gasteiger partial charge in [0.15, 0.2) is 6.61 Å². The fourth-order valence-corrected chi connectivity index (χ4v) is 2.12. The molecule has 0 bridgehead atoms. The van der Waals surface area contributed by atoms with Crippen molar-refractivity contribution in [2.24, 2.45) is 0 Å². The second-order valence-corrected chi connectivity index (χ2v) is 5.14. The first-order valence-electron chi connectivity index (χ1n) is 7.91. The Kier molecular flexibility index (Phi) is 6.37. The molecule has 0 saturated heterocycles. The van der Waals surface area contributed by atoms with Crippen LogP contribution in [0.4, 0.5) is 5.69 Å². The molecule has 0 radical (unpaired) electrons. The van der Waals surface area contributed by atoms with Gasteiger partial charge in [0.25, 0.3) is 5.91 Å². The molecule has 0 atom stereocenters. The second kappa shape index (κ2) is 8.72. The van der Waals surface area contributed by atoms with Gasteiger partial charge in [-0.2, -0.15) is 0 Å². The lowest BCUT2D eigenvalue weighted by atomic mass is 10.1. The van der Waals surface area contributed by atoms with Crippen LogP contribution in [-0.4, -0.2) is 25.1 Å². The maximum Gasteiger partial charge on any atom is 0.338 e. The van der Waals surface area contributed by atoms with Gasteiger partial charge in [-0.25, -0.2) is 4.79 Å². The van der Waals surface area contributed by atoms with Gasteiger partial charge in [-0.3, -0.25) is 4.79 Å². The average Bonchev–Trinajstić information content (AvgIpc) is 2.61. The minimum atomic E-state index is -0.377. The molecule has 1 amide bonds. The van der Waals surface area contributed by atoms with E-state index in [1.54, 1.807) is 31.2 Å². The number of aryl methyl sites for hydroxylation is 1. The number of amides is 1. The fourth-order valence-electron chi connectivity index (χ4n) is 2.12. The van der Waals surface area contributed by atoms with Gasteiger partial charge >= 0.3 is 5.97 Å². The van der Waals surface area contributed by atoms with E-state index < -0.39 is 0 Å². The molecule has 0 aliphatic carbocycles. The first-order valence-corrected chi connectivity index (χ1v) is 7.91. The minimum absolute atomic E-state index is 0.102. The molecule has 0 aliphatic rings. The average molecular weight is 327 g/mol. The molecule has 5 heteroatoms. The van der Waals surface area contributed by atoms with Crippen molar-refractivity contribution < 1.29 is 19.1 Å². The van der Waals surface area contributed by atoms with Crippen LogP contribution in [0.25, 0.3) is 0 Å². The van der Waals surface area contributed by atoms with Gasteiger partial charge in [-0.05, 0) is 55.3 Å². The normalized spacial score (nSPS) is 10.1. The number of nitrogens with one attached hydrogen (secondary N) is 1. The van der Waals surface area contributed by atoms with Crippen LogP contribution in [0, 0.1) is 0 Å². The molecule has 0 aliphatic heterocycles. The number of benzene rings is 2. The lowest BCUT2D eigenvalue weighted by Gasteiger charge is -2.09. The summed E-state index contributed by atoms with van der Waals surface area (Å²) in [7, 11) is 0. The highest BCUT2D eigenvalue weighted by Crippen LogP contribution is 2.14. The third kappa shape index (κ3) is 5.12. The van der Waals surface area contributed by atoms with Gasteiger partial charge in [0.2, 0.25) is 0 Å². The Labute approximate surface area is 141 Å². The molecule has 2 rings (SSSR count). The molecule has 0 heterocycles. The van der Waals surface area contributed by atoms with Crippen molar-refractivity contribution in [3.05, 3.63) is 59.7 Å². The maximum atomic E-state index is 11.9. The van der Waals surface area contributed by atoms with E-state index >= 15 is 0 Å². The van der Waals surface area contributed by atoms with E-state index in [1.807, 2.05) is 24.3 Å².